The van der Waals surface area contributed by atoms with Gasteiger partial charge >= 0.3 is 0 Å². The number of benzene rings is 2. The van der Waals surface area contributed by atoms with Gasteiger partial charge in [-0.05, 0) is 36.4 Å². The van der Waals surface area contributed by atoms with E-state index in [0.29, 0.717) is 17.0 Å². The Hall–Kier alpha value is -2.76. The van der Waals surface area contributed by atoms with Gasteiger partial charge in [0.15, 0.2) is 0 Å². The molecule has 3 rings (SSSR count). The maximum Gasteiger partial charge on any atom is 0.257 e. The van der Waals surface area contributed by atoms with Gasteiger partial charge in [-0.1, -0.05) is 41.4 Å². The number of carbonyl (C=O) groups excluding carboxylic acids is 2. The topological polar surface area (TPSA) is 71.3 Å². The van der Waals surface area contributed by atoms with E-state index >= 15 is 0 Å². The quantitative estimate of drug-likeness (QED) is 0.661. The minimum Gasteiger partial charge on any atom is -0.467 e. The molecule has 5 nitrogen and oxygen atoms in total. The lowest BCUT2D eigenvalue weighted by molar-refractivity contribution is 0.0949. The van der Waals surface area contributed by atoms with Crippen LogP contribution in [0.2, 0.25) is 10.0 Å². The molecule has 0 saturated heterocycles. The zero-order valence-electron chi connectivity index (χ0n) is 13.5. The minimum absolute atomic E-state index is 0.159. The van der Waals surface area contributed by atoms with E-state index in [4.69, 9.17) is 27.6 Å². The first-order valence-electron chi connectivity index (χ1n) is 7.71. The van der Waals surface area contributed by atoms with E-state index in [0.717, 1.165) is 0 Å². The number of amides is 2. The van der Waals surface area contributed by atoms with Crippen molar-refractivity contribution in [3.63, 3.8) is 0 Å². The van der Waals surface area contributed by atoms with Gasteiger partial charge in [0.2, 0.25) is 0 Å². The summed E-state index contributed by atoms with van der Waals surface area (Å²) in [6.07, 6.45) is 1.53. The fourth-order valence-corrected chi connectivity index (χ4v) is 2.72. The Morgan fingerprint density at radius 1 is 0.885 bits per heavy atom. The zero-order chi connectivity index (χ0) is 18.5. The lowest BCUT2D eigenvalue weighted by atomic mass is 10.1. The van der Waals surface area contributed by atoms with Gasteiger partial charge in [-0.3, -0.25) is 9.59 Å². The Bertz CT molecular complexity index is 940. The number of rotatable bonds is 5. The molecule has 26 heavy (non-hydrogen) atoms. The number of furan rings is 1. The third-order valence-corrected chi connectivity index (χ3v) is 4.44. The van der Waals surface area contributed by atoms with Gasteiger partial charge in [0.25, 0.3) is 11.8 Å². The van der Waals surface area contributed by atoms with Crippen LogP contribution in [0.4, 0.5) is 5.69 Å². The number of anilines is 1. The molecule has 0 fully saturated rings. The van der Waals surface area contributed by atoms with Crippen molar-refractivity contribution in [1.29, 1.82) is 0 Å². The molecule has 0 aliphatic carbocycles. The summed E-state index contributed by atoms with van der Waals surface area (Å²) in [5, 5.41) is 5.89. The maximum absolute atomic E-state index is 12.5. The molecule has 0 bridgehead atoms. The van der Waals surface area contributed by atoms with Crippen LogP contribution in [-0.2, 0) is 6.54 Å². The van der Waals surface area contributed by atoms with Gasteiger partial charge in [0.1, 0.15) is 5.76 Å². The molecule has 3 aromatic rings. The monoisotopic (exact) mass is 388 g/mol. The average molecular weight is 389 g/mol. The van der Waals surface area contributed by atoms with Crippen molar-refractivity contribution in [3.05, 3.63) is 87.8 Å². The van der Waals surface area contributed by atoms with Crippen molar-refractivity contribution in [2.75, 3.05) is 5.32 Å². The zero-order valence-corrected chi connectivity index (χ0v) is 15.0. The van der Waals surface area contributed by atoms with Crippen LogP contribution in [0.25, 0.3) is 0 Å². The van der Waals surface area contributed by atoms with Gasteiger partial charge < -0.3 is 15.1 Å². The number of nitrogens with one attached hydrogen (secondary N) is 2. The van der Waals surface area contributed by atoms with Gasteiger partial charge in [0.05, 0.1) is 39.7 Å². The second kappa shape index (κ2) is 8.08. The summed E-state index contributed by atoms with van der Waals surface area (Å²) >= 11 is 12.0. The largest absolute Gasteiger partial charge is 0.467 e. The molecule has 0 radical (unpaired) electrons. The highest BCUT2D eigenvalue weighted by Crippen LogP contribution is 2.26. The van der Waals surface area contributed by atoms with Gasteiger partial charge in [-0.15, -0.1) is 0 Å². The van der Waals surface area contributed by atoms with Crippen LogP contribution in [-0.4, -0.2) is 11.8 Å². The van der Waals surface area contributed by atoms with Crippen molar-refractivity contribution in [1.82, 2.24) is 5.32 Å². The first-order valence-corrected chi connectivity index (χ1v) is 8.47. The Kier molecular flexibility index (Phi) is 5.61. The Balaban J connectivity index is 1.77. The van der Waals surface area contributed by atoms with Crippen LogP contribution in [0, 0.1) is 0 Å². The molecule has 0 aliphatic heterocycles. The summed E-state index contributed by atoms with van der Waals surface area (Å²) in [7, 11) is 0. The number of halogens is 2. The van der Waals surface area contributed by atoms with Crippen molar-refractivity contribution >= 4 is 40.7 Å². The summed E-state index contributed by atoms with van der Waals surface area (Å²) in [6, 6.07) is 15.0. The summed E-state index contributed by atoms with van der Waals surface area (Å²) in [6.45, 7) is 0.244. The molecule has 0 aliphatic rings. The second-order valence-corrected chi connectivity index (χ2v) is 6.15. The molecule has 2 amide bonds. The van der Waals surface area contributed by atoms with E-state index in [1.807, 2.05) is 0 Å². The normalized spacial score (nSPS) is 10.4. The molecule has 0 spiro atoms. The average Bonchev–Trinajstić information content (AvgIpc) is 3.16. The van der Waals surface area contributed by atoms with Crippen LogP contribution in [0.1, 0.15) is 26.5 Å². The highest BCUT2D eigenvalue weighted by Gasteiger charge is 2.17. The predicted molar refractivity (Wildman–Crippen MR) is 101 cm³/mol. The van der Waals surface area contributed by atoms with Crippen LogP contribution < -0.4 is 10.6 Å². The fraction of sp³-hybridized carbons (Fsp3) is 0.0526. The van der Waals surface area contributed by atoms with E-state index in [2.05, 4.69) is 10.6 Å². The van der Waals surface area contributed by atoms with E-state index in [-0.39, 0.29) is 28.1 Å². The predicted octanol–water partition coefficient (Wildman–Crippen LogP) is 4.77. The van der Waals surface area contributed by atoms with Crippen LogP contribution >= 0.6 is 23.2 Å². The SMILES string of the molecule is O=C(NCc1ccco1)c1ccccc1NC(=O)c1cccc(Cl)c1Cl. The van der Waals surface area contributed by atoms with Crippen molar-refractivity contribution < 1.29 is 14.0 Å². The van der Waals surface area contributed by atoms with Gasteiger partial charge in [-0.25, -0.2) is 0 Å². The number of hydrogen-bond donors (Lipinski definition) is 2. The summed E-state index contributed by atoms with van der Waals surface area (Å²) in [5.74, 6) is -0.163. The molecular formula is C19H14Cl2N2O3. The molecule has 1 heterocycles. The molecule has 7 heteroatoms. The highest BCUT2D eigenvalue weighted by molar-refractivity contribution is 6.44. The maximum atomic E-state index is 12.5. The molecule has 0 unspecified atom stereocenters. The number of hydrogen-bond acceptors (Lipinski definition) is 3. The molecule has 1 aromatic heterocycles. The van der Waals surface area contributed by atoms with Crippen molar-refractivity contribution in [2.45, 2.75) is 6.54 Å². The number of carbonyl (C=O) groups is 2. The Morgan fingerprint density at radius 3 is 2.42 bits per heavy atom. The second-order valence-electron chi connectivity index (χ2n) is 5.36. The first kappa shape index (κ1) is 18.0. The Labute approximate surface area is 159 Å². The molecule has 0 atom stereocenters. The number of para-hydroxylation sites is 1. The van der Waals surface area contributed by atoms with Crippen LogP contribution in [0.3, 0.4) is 0 Å². The van der Waals surface area contributed by atoms with Gasteiger partial charge in [0, 0.05) is 0 Å². The fourth-order valence-electron chi connectivity index (χ4n) is 2.33. The Morgan fingerprint density at radius 2 is 1.65 bits per heavy atom. The molecular weight excluding hydrogens is 375 g/mol. The van der Waals surface area contributed by atoms with Gasteiger partial charge in [-0.2, -0.15) is 0 Å². The van der Waals surface area contributed by atoms with E-state index in [1.54, 1.807) is 54.6 Å². The standard InChI is InChI=1S/C19H14Cl2N2O3/c20-15-8-3-7-14(17(15)21)19(25)23-16-9-2-1-6-13(16)18(24)22-11-12-5-4-10-26-12/h1-10H,11H2,(H,22,24)(H,23,25). The van der Waals surface area contributed by atoms with Crippen molar-refractivity contribution in [3.8, 4) is 0 Å². The molecule has 2 N–H and O–H groups in total. The van der Waals surface area contributed by atoms with E-state index in [1.165, 1.54) is 6.26 Å². The van der Waals surface area contributed by atoms with E-state index in [9.17, 15) is 9.59 Å². The lowest BCUT2D eigenvalue weighted by Crippen LogP contribution is -2.24. The smallest absolute Gasteiger partial charge is 0.257 e. The summed E-state index contributed by atoms with van der Waals surface area (Å²) in [5.41, 5.74) is 0.918. The molecule has 2 aromatic carbocycles. The van der Waals surface area contributed by atoms with Crippen LogP contribution in [0.15, 0.2) is 65.3 Å². The first-order chi connectivity index (χ1) is 12.6. The lowest BCUT2D eigenvalue weighted by Gasteiger charge is -2.12. The third-order valence-electron chi connectivity index (χ3n) is 3.62. The minimum atomic E-state index is -0.455. The summed E-state index contributed by atoms with van der Waals surface area (Å²) < 4.78 is 5.19. The van der Waals surface area contributed by atoms with Crippen LogP contribution in [0.5, 0.6) is 0 Å². The van der Waals surface area contributed by atoms with E-state index < -0.39 is 5.91 Å². The third kappa shape index (κ3) is 4.07. The van der Waals surface area contributed by atoms with Crippen molar-refractivity contribution in [2.24, 2.45) is 0 Å². The highest BCUT2D eigenvalue weighted by atomic mass is 35.5. The molecule has 0 saturated carbocycles. The summed E-state index contributed by atoms with van der Waals surface area (Å²) in [4.78, 5) is 25.0. The molecule has 132 valence electrons.